The molecule has 0 fully saturated rings. The van der Waals surface area contributed by atoms with E-state index in [1.807, 2.05) is 5.10 Å². The summed E-state index contributed by atoms with van der Waals surface area (Å²) >= 11 is 22.7. The van der Waals surface area contributed by atoms with Crippen molar-refractivity contribution >= 4 is 152 Å². The van der Waals surface area contributed by atoms with E-state index < -0.39 is 114 Å². The summed E-state index contributed by atoms with van der Waals surface area (Å²) in [6, 6.07) is 26.2. The molecule has 0 unspecified atom stereocenters. The standard InChI is InChI=1S/C17H18ClN3O5.C12H10ClN3O3.C10H13N3O6.C10H15N3O4.C7H4Cl2O.C5H5N3O4.C4H3N3O4.2CH4O.CH4/c1-17(2,3)26-16(24)21-13(9-12(20-21)15(23)25-4)19-14(22)10-7-5-6-8-11(10)18;1-19-12(18)9-6-10(16-15-9)14-11(17)7-4-2-3-5-8(7)13;1-10(2,3)19-9(15)12-7(13(16)17)5-6(11-12)8(14)18-4;1-10(2,3)17-9(15)13-7(11)5-6(12-13)8(14)16-4;8-6-4-2-1-3-5(6)7(9)10;1-12-5(9)3-2-4(7-6-3)8(10)11;8-4(9)2-1-3(6-5-2)7(10)11;2*1-2;/h5-9H,1-4H3,(H,19,22);2-6H,1H3,(H2,14,15,16,17);5H,1-4H3;5H,11H2,1-4H3;1-4H;2H,1H3,(H,6,7);1H,(H,5,6)(H,8,9);2*2H,1H3;1H4. The second-order valence-electron chi connectivity index (χ2n) is 24.0. The number of carboxylic acid groups (broad SMARTS) is 1. The SMILES string of the molecule is C.CO.CO.COC(=O)c1cc(N)n(C(=O)OC(C)(C)C)n1.COC(=O)c1cc(NC(=O)c2ccccc2Cl)n(C(=O)OC(C)(C)C)n1.COC(=O)c1cc(NC(=O)c2ccccc2Cl)n[nH]1.COC(=O)c1cc([N+](=O)[O-])[nH]n1.COC(=O)c1cc([N+](=O)[O-])n(C(=O)OC(C)(C)C)n1.O=C(Cl)c1ccccc1Cl.O=C(O)c1cc([N+](=O)[O-])[nH]n1. The summed E-state index contributed by atoms with van der Waals surface area (Å²) in [7, 11) is 7.91. The zero-order valence-corrected chi connectivity index (χ0v) is 67.8. The molecular weight excluding hydrogens is 1670 g/mol. The van der Waals surface area contributed by atoms with Crippen molar-refractivity contribution in [2.75, 3.05) is 66.1 Å². The van der Waals surface area contributed by atoms with Crippen molar-refractivity contribution in [2.45, 2.75) is 86.5 Å². The van der Waals surface area contributed by atoms with Crippen LogP contribution in [0.15, 0.2) is 109 Å². The molecule has 6 aromatic heterocycles. The van der Waals surface area contributed by atoms with Crippen LogP contribution in [0.5, 0.6) is 0 Å². The minimum Gasteiger partial charge on any atom is -0.476 e. The van der Waals surface area contributed by atoms with Gasteiger partial charge in [0.15, 0.2) is 28.6 Å². The fraction of sp³-hybridized carbons (Fsp3) is 0.294. The largest absolute Gasteiger partial charge is 0.534 e. The quantitative estimate of drug-likeness (QED) is 0.0160. The summed E-state index contributed by atoms with van der Waals surface area (Å²) in [4.78, 5) is 165. The molecule has 6 heterocycles. The number of amides is 2. The van der Waals surface area contributed by atoms with E-state index in [9.17, 15) is 87.9 Å². The average Bonchev–Trinajstić information content (AvgIpc) is 1.69. The Morgan fingerprint density at radius 2 is 0.790 bits per heavy atom. The fourth-order valence-corrected chi connectivity index (χ4v) is 8.20. The molecule has 0 aliphatic carbocycles. The molecule has 0 atom stereocenters. The van der Waals surface area contributed by atoms with Crippen molar-refractivity contribution in [2.24, 2.45) is 0 Å². The van der Waals surface area contributed by atoms with E-state index in [-0.39, 0.29) is 75.4 Å². The lowest BCUT2D eigenvalue weighted by atomic mass is 10.2. The Kier molecular flexibility index (Phi) is 43.7. The molecule has 644 valence electrons. The molecule has 9 aromatic rings. The van der Waals surface area contributed by atoms with E-state index in [0.717, 1.165) is 48.9 Å². The van der Waals surface area contributed by atoms with Crippen LogP contribution in [0.2, 0.25) is 15.1 Å². The highest BCUT2D eigenvalue weighted by molar-refractivity contribution is 6.68. The number of esters is 5. The third-order valence-corrected chi connectivity index (χ3v) is 13.3. The van der Waals surface area contributed by atoms with Gasteiger partial charge in [-0.3, -0.25) is 19.5 Å². The van der Waals surface area contributed by atoms with E-state index >= 15 is 0 Å². The maximum atomic E-state index is 12.4. The Labute approximate surface area is 692 Å². The number of carbonyl (C=O) groups is 12. The summed E-state index contributed by atoms with van der Waals surface area (Å²) in [6.45, 7) is 15.0. The number of methoxy groups -OCH3 is 5. The topological polar surface area (TPSA) is 658 Å². The van der Waals surface area contributed by atoms with Crippen molar-refractivity contribution < 1.29 is 126 Å². The molecule has 0 spiro atoms. The summed E-state index contributed by atoms with van der Waals surface area (Å²) in [5.74, 6) is -7.13. The number of aliphatic hydroxyl groups excluding tert-OH is 2. The third kappa shape index (κ3) is 35.2. The second-order valence-corrected chi connectivity index (χ2v) is 25.6. The highest BCUT2D eigenvalue weighted by atomic mass is 35.5. The molecule has 0 bridgehead atoms. The van der Waals surface area contributed by atoms with Gasteiger partial charge in [0, 0.05) is 32.4 Å². The lowest BCUT2D eigenvalue weighted by Crippen LogP contribution is -2.29. The van der Waals surface area contributed by atoms with Crippen molar-refractivity contribution in [3.05, 3.63) is 205 Å². The van der Waals surface area contributed by atoms with Crippen LogP contribution in [-0.2, 0) is 37.9 Å². The van der Waals surface area contributed by atoms with Crippen molar-refractivity contribution in [1.82, 2.24) is 59.9 Å². The van der Waals surface area contributed by atoms with Gasteiger partial charge < -0.3 is 99.9 Å². The van der Waals surface area contributed by atoms with Gasteiger partial charge in [-0.15, -0.1) is 19.6 Å². The van der Waals surface area contributed by atoms with Crippen molar-refractivity contribution in [1.29, 1.82) is 0 Å². The lowest BCUT2D eigenvalue weighted by Gasteiger charge is -2.19. The number of ether oxygens (including phenoxy) is 8. The number of rotatable bonds is 14. The number of H-pyrrole nitrogens is 3. The second kappa shape index (κ2) is 49.6. The summed E-state index contributed by atoms with van der Waals surface area (Å²) in [5, 5.41) is 86.5. The number of halogens is 4. The molecular formula is C68H80Cl4N18O29. The Balaban J connectivity index is 0.00000138. The zero-order valence-electron chi connectivity index (χ0n) is 64.8. The molecule has 0 aliphatic rings. The van der Waals surface area contributed by atoms with E-state index in [2.05, 4.69) is 75.1 Å². The van der Waals surface area contributed by atoms with Crippen LogP contribution in [0, 0.1) is 30.3 Å². The van der Waals surface area contributed by atoms with E-state index in [1.54, 1.807) is 129 Å². The molecule has 0 radical (unpaired) electrons. The van der Waals surface area contributed by atoms with Gasteiger partial charge in [0.25, 0.3) is 17.1 Å². The van der Waals surface area contributed by atoms with Crippen LogP contribution in [0.25, 0.3) is 0 Å². The first-order valence-corrected chi connectivity index (χ1v) is 33.6. The molecule has 9 rings (SSSR count). The minimum atomic E-state index is -1.30. The van der Waals surface area contributed by atoms with Crippen LogP contribution < -0.4 is 16.4 Å². The number of nitrogens with zero attached hydrogens (tertiary/aromatic N) is 12. The molecule has 47 nitrogen and oxygen atoms in total. The number of hydrogen-bond acceptors (Lipinski definition) is 35. The maximum absolute atomic E-state index is 12.4. The first-order chi connectivity index (χ1) is 55.1. The number of hydrogen-bond donors (Lipinski definition) is 9. The summed E-state index contributed by atoms with van der Waals surface area (Å²) in [6.07, 6.45) is -2.65. The Hall–Kier alpha value is -14.2. The molecule has 119 heavy (non-hydrogen) atoms. The Morgan fingerprint density at radius 3 is 1.15 bits per heavy atom. The molecule has 51 heteroatoms. The van der Waals surface area contributed by atoms with E-state index in [1.165, 1.54) is 52.7 Å². The van der Waals surface area contributed by atoms with Gasteiger partial charge in [0.2, 0.25) is 5.69 Å². The predicted molar refractivity (Wildman–Crippen MR) is 419 cm³/mol. The molecule has 2 amide bonds. The number of aromatic amines is 3. The lowest BCUT2D eigenvalue weighted by molar-refractivity contribution is -0.391. The van der Waals surface area contributed by atoms with Crippen molar-refractivity contribution in [3.8, 4) is 0 Å². The van der Waals surface area contributed by atoms with Crippen LogP contribution >= 0.6 is 46.4 Å². The Morgan fingerprint density at radius 1 is 0.445 bits per heavy atom. The van der Waals surface area contributed by atoms with Crippen LogP contribution in [-0.4, -0.2) is 228 Å². The van der Waals surface area contributed by atoms with Gasteiger partial charge in [-0.05, 0) is 130 Å². The highest BCUT2D eigenvalue weighted by Crippen LogP contribution is 2.24. The van der Waals surface area contributed by atoms with Crippen LogP contribution in [0.4, 0.5) is 49.3 Å². The van der Waals surface area contributed by atoms with Gasteiger partial charge in [-0.1, -0.05) is 93.9 Å². The molecule has 10 N–H and O–H groups in total. The van der Waals surface area contributed by atoms with E-state index in [0.29, 0.717) is 25.9 Å². The van der Waals surface area contributed by atoms with Gasteiger partial charge in [0.1, 0.15) is 34.1 Å². The molecule has 0 saturated carbocycles. The zero-order chi connectivity index (χ0) is 90.4. The van der Waals surface area contributed by atoms with Crippen molar-refractivity contribution in [3.63, 3.8) is 0 Å². The Bertz CT molecular complexity index is 5000. The number of nitrogens with two attached hydrogens (primary N) is 1. The minimum absolute atomic E-state index is 0. The van der Waals surface area contributed by atoms with Gasteiger partial charge >= 0.3 is 71.5 Å². The predicted octanol–water partition coefficient (Wildman–Crippen LogP) is 10.5. The normalized spacial score (nSPS) is 10.0. The van der Waals surface area contributed by atoms with Crippen LogP contribution in [0.1, 0.15) is 164 Å². The van der Waals surface area contributed by atoms with E-state index in [4.69, 9.17) is 81.7 Å². The molecule has 3 aromatic carbocycles. The van der Waals surface area contributed by atoms with Gasteiger partial charge in [-0.2, -0.15) is 20.1 Å². The van der Waals surface area contributed by atoms with Gasteiger partial charge in [-0.25, -0.2) is 38.4 Å². The fourth-order valence-electron chi connectivity index (χ4n) is 7.32. The number of nitro groups is 3. The number of carboxylic acids is 1. The first kappa shape index (κ1) is 105. The smallest absolute Gasteiger partial charge is 0.476 e. The van der Waals surface area contributed by atoms with Crippen LogP contribution in [0.3, 0.4) is 0 Å². The van der Waals surface area contributed by atoms with Gasteiger partial charge in [0.05, 0.1) is 85.5 Å². The number of nitrogens with one attached hydrogen (secondary N) is 5. The number of carbonyl (C=O) groups excluding carboxylic acids is 11. The summed E-state index contributed by atoms with van der Waals surface area (Å²) < 4.78 is 39.5. The number of aromatic nitrogens is 12. The molecule has 0 aliphatic heterocycles. The maximum Gasteiger partial charge on any atom is 0.534 e. The monoisotopic (exact) mass is 1750 g/mol. The highest BCUT2D eigenvalue weighted by Gasteiger charge is 2.33. The number of anilines is 3. The number of aromatic carboxylic acids is 1. The number of benzene rings is 3. The average molecular weight is 1760 g/mol. The number of aliphatic hydroxyl groups is 2. The number of nitrogen functional groups attached to an aromatic ring is 1. The summed E-state index contributed by atoms with van der Waals surface area (Å²) in [5.41, 5.74) is 3.25. The molecule has 0 saturated heterocycles. The third-order valence-electron chi connectivity index (χ3n) is 12.1. The first-order valence-electron chi connectivity index (χ1n) is 32.1.